The van der Waals surface area contributed by atoms with Gasteiger partial charge in [-0.1, -0.05) is 23.7 Å². The second kappa shape index (κ2) is 8.63. The number of hydrogen-bond acceptors (Lipinski definition) is 3. The van der Waals surface area contributed by atoms with Crippen molar-refractivity contribution in [1.29, 1.82) is 0 Å². The van der Waals surface area contributed by atoms with Gasteiger partial charge in [-0.3, -0.25) is 9.48 Å². The average molecular weight is 467 g/mol. The molecule has 6 nitrogen and oxygen atoms in total. The molecular formula is C22H22ClF3N4O2. The molecule has 0 spiro atoms. The summed E-state index contributed by atoms with van der Waals surface area (Å²) in [5, 5.41) is 4.52. The van der Waals surface area contributed by atoms with Gasteiger partial charge in [0, 0.05) is 36.9 Å². The summed E-state index contributed by atoms with van der Waals surface area (Å²) in [5.41, 5.74) is 0.453. The highest BCUT2D eigenvalue weighted by atomic mass is 35.5. The van der Waals surface area contributed by atoms with Gasteiger partial charge in [0.1, 0.15) is 11.4 Å². The molecule has 0 atom stereocenters. The number of carbonyl (C=O) groups is 1. The number of halogens is 4. The van der Waals surface area contributed by atoms with Crippen LogP contribution in [-0.4, -0.2) is 51.5 Å². The molecule has 10 heteroatoms. The molecule has 0 bridgehead atoms. The van der Waals surface area contributed by atoms with E-state index in [1.807, 2.05) is 0 Å². The fourth-order valence-corrected chi connectivity index (χ4v) is 4.22. The van der Waals surface area contributed by atoms with Crippen LogP contribution in [0.5, 0.6) is 0 Å². The molecule has 4 rings (SSSR count). The molecule has 0 N–H and O–H groups in total. The molecule has 170 valence electrons. The molecular weight excluding hydrogens is 445 g/mol. The molecule has 0 aliphatic carbocycles. The number of benzene rings is 1. The number of morpholine rings is 1. The highest BCUT2D eigenvalue weighted by molar-refractivity contribution is 6.30. The number of amides is 1. The smallest absolute Gasteiger partial charge is 0.378 e. The number of alkyl halides is 3. The van der Waals surface area contributed by atoms with Crippen LogP contribution in [0.2, 0.25) is 5.02 Å². The minimum Gasteiger partial charge on any atom is -0.378 e. The topological polar surface area (TPSA) is 52.3 Å². The summed E-state index contributed by atoms with van der Waals surface area (Å²) >= 11 is 6.00. The number of ether oxygens (including phenoxy) is 1. The zero-order valence-corrected chi connectivity index (χ0v) is 18.4. The van der Waals surface area contributed by atoms with Crippen LogP contribution < -0.4 is 0 Å². The van der Waals surface area contributed by atoms with E-state index in [2.05, 4.69) is 5.10 Å². The molecule has 3 heterocycles. The highest BCUT2D eigenvalue weighted by Crippen LogP contribution is 2.42. The van der Waals surface area contributed by atoms with Crippen molar-refractivity contribution in [2.24, 2.45) is 7.05 Å². The van der Waals surface area contributed by atoms with Crippen LogP contribution in [0.1, 0.15) is 27.4 Å². The summed E-state index contributed by atoms with van der Waals surface area (Å²) in [6.45, 7) is 2.57. The van der Waals surface area contributed by atoms with E-state index in [1.165, 1.54) is 22.7 Å². The first kappa shape index (κ1) is 22.4. The van der Waals surface area contributed by atoms with Crippen LogP contribution >= 0.6 is 11.6 Å². The number of nitrogens with zero attached hydrogens (tertiary/aromatic N) is 4. The molecule has 3 aromatic rings. The Balaban J connectivity index is 1.98. The molecule has 32 heavy (non-hydrogen) atoms. The predicted molar refractivity (Wildman–Crippen MR) is 114 cm³/mol. The van der Waals surface area contributed by atoms with Gasteiger partial charge in [0.25, 0.3) is 5.91 Å². The lowest BCUT2D eigenvalue weighted by atomic mass is 10.00. The lowest BCUT2D eigenvalue weighted by Gasteiger charge is -2.28. The van der Waals surface area contributed by atoms with Crippen LogP contribution in [0.25, 0.3) is 11.1 Å². The normalized spacial score (nSPS) is 14.8. The third kappa shape index (κ3) is 4.14. The molecule has 1 aliphatic heterocycles. The van der Waals surface area contributed by atoms with E-state index in [4.69, 9.17) is 16.3 Å². The zero-order valence-electron chi connectivity index (χ0n) is 17.6. The number of rotatable bonds is 4. The first-order valence-corrected chi connectivity index (χ1v) is 10.5. The maximum atomic E-state index is 14.3. The van der Waals surface area contributed by atoms with Crippen molar-refractivity contribution in [2.45, 2.75) is 19.6 Å². The van der Waals surface area contributed by atoms with E-state index in [-0.39, 0.29) is 23.4 Å². The molecule has 1 saturated heterocycles. The van der Waals surface area contributed by atoms with Crippen molar-refractivity contribution in [3.63, 3.8) is 0 Å². The van der Waals surface area contributed by atoms with Gasteiger partial charge in [0.05, 0.1) is 25.5 Å². The summed E-state index contributed by atoms with van der Waals surface area (Å²) in [5.74, 6) is -0.459. The monoisotopic (exact) mass is 466 g/mol. The number of aryl methyl sites for hydroxylation is 1. The van der Waals surface area contributed by atoms with Gasteiger partial charge in [-0.2, -0.15) is 18.3 Å². The van der Waals surface area contributed by atoms with Crippen LogP contribution in [0, 0.1) is 6.92 Å². The Kier molecular flexibility index (Phi) is 6.05. The second-order valence-corrected chi connectivity index (χ2v) is 8.08. The van der Waals surface area contributed by atoms with Crippen LogP contribution in [0.4, 0.5) is 13.2 Å². The summed E-state index contributed by atoms with van der Waals surface area (Å²) in [6.07, 6.45) is -3.14. The molecule has 2 aromatic heterocycles. The van der Waals surface area contributed by atoms with E-state index >= 15 is 0 Å². The Bertz CT molecular complexity index is 1130. The van der Waals surface area contributed by atoms with E-state index in [0.29, 0.717) is 42.6 Å². The van der Waals surface area contributed by atoms with Crippen LogP contribution in [0.15, 0.2) is 36.5 Å². The van der Waals surface area contributed by atoms with Gasteiger partial charge in [-0.05, 0) is 36.2 Å². The van der Waals surface area contributed by atoms with E-state index < -0.39 is 17.8 Å². The molecule has 0 saturated carbocycles. The van der Waals surface area contributed by atoms with Gasteiger partial charge >= 0.3 is 6.18 Å². The lowest BCUT2D eigenvalue weighted by Crippen LogP contribution is -2.42. The standard InChI is InChI=1S/C22H22ClF3N4O2/c1-14-18(15-3-5-16(23)6-4-15)19(21(31)29-9-11-32-12-10-29)30(20(14)22(24,25)26)13-17-7-8-27-28(17)2/h3-8H,9-13H2,1-2H3. The zero-order chi connectivity index (χ0) is 23.0. The summed E-state index contributed by atoms with van der Waals surface area (Å²) in [6, 6.07) is 8.11. The van der Waals surface area contributed by atoms with Crippen LogP contribution in [-0.2, 0) is 24.5 Å². The molecule has 1 fully saturated rings. The molecule has 1 amide bonds. The van der Waals surface area contributed by atoms with Crippen molar-refractivity contribution in [1.82, 2.24) is 19.2 Å². The van der Waals surface area contributed by atoms with Crippen molar-refractivity contribution in [2.75, 3.05) is 26.3 Å². The van der Waals surface area contributed by atoms with E-state index in [9.17, 15) is 18.0 Å². The first-order valence-electron chi connectivity index (χ1n) is 10.1. The Morgan fingerprint density at radius 2 is 1.81 bits per heavy atom. The SMILES string of the molecule is Cc1c(-c2ccc(Cl)cc2)c(C(=O)N2CCOCC2)n(Cc2ccnn2C)c1C(F)(F)F. The first-order chi connectivity index (χ1) is 15.2. The third-order valence-corrected chi connectivity index (χ3v) is 5.90. The average Bonchev–Trinajstić information content (AvgIpc) is 3.29. The minimum atomic E-state index is -4.66. The molecule has 0 unspecified atom stereocenters. The Morgan fingerprint density at radius 3 is 2.38 bits per heavy atom. The Hall–Kier alpha value is -2.78. The largest absolute Gasteiger partial charge is 0.431 e. The summed E-state index contributed by atoms with van der Waals surface area (Å²) < 4.78 is 50.8. The molecule has 0 radical (unpaired) electrons. The van der Waals surface area contributed by atoms with E-state index in [1.54, 1.807) is 37.4 Å². The second-order valence-electron chi connectivity index (χ2n) is 7.64. The van der Waals surface area contributed by atoms with Gasteiger partial charge in [-0.25, -0.2) is 0 Å². The highest BCUT2D eigenvalue weighted by Gasteiger charge is 2.42. The molecule has 1 aliphatic rings. The third-order valence-electron chi connectivity index (χ3n) is 5.65. The van der Waals surface area contributed by atoms with Crippen molar-refractivity contribution < 1.29 is 22.7 Å². The molecule has 1 aromatic carbocycles. The minimum absolute atomic E-state index is 0.000229. The predicted octanol–water partition coefficient (Wildman–Crippen LogP) is 4.39. The van der Waals surface area contributed by atoms with Gasteiger partial charge in [0.15, 0.2) is 0 Å². The summed E-state index contributed by atoms with van der Waals surface area (Å²) in [7, 11) is 1.66. The van der Waals surface area contributed by atoms with Gasteiger partial charge < -0.3 is 14.2 Å². The Labute approximate surface area is 188 Å². The number of carbonyl (C=O) groups excluding carboxylic acids is 1. The van der Waals surface area contributed by atoms with Gasteiger partial charge in [-0.15, -0.1) is 0 Å². The van der Waals surface area contributed by atoms with Crippen molar-refractivity contribution >= 4 is 17.5 Å². The lowest BCUT2D eigenvalue weighted by molar-refractivity contribution is -0.143. The quantitative estimate of drug-likeness (QED) is 0.573. The van der Waals surface area contributed by atoms with Crippen molar-refractivity contribution in [3.05, 3.63) is 64.2 Å². The van der Waals surface area contributed by atoms with Crippen molar-refractivity contribution in [3.8, 4) is 11.1 Å². The number of hydrogen-bond donors (Lipinski definition) is 0. The maximum absolute atomic E-state index is 14.3. The van der Waals surface area contributed by atoms with E-state index in [0.717, 1.165) is 4.57 Å². The summed E-state index contributed by atoms with van der Waals surface area (Å²) in [4.78, 5) is 15.2. The maximum Gasteiger partial charge on any atom is 0.431 e. The fraction of sp³-hybridized carbons (Fsp3) is 0.364. The number of aromatic nitrogens is 3. The fourth-order valence-electron chi connectivity index (χ4n) is 4.10. The van der Waals surface area contributed by atoms with Crippen LogP contribution in [0.3, 0.4) is 0 Å². The van der Waals surface area contributed by atoms with Gasteiger partial charge in [0.2, 0.25) is 0 Å². The Morgan fingerprint density at radius 1 is 1.16 bits per heavy atom.